The minimum atomic E-state index is 0.207. The molecule has 0 spiro atoms. The second kappa shape index (κ2) is 7.45. The highest BCUT2D eigenvalue weighted by Gasteiger charge is 2.09. The van der Waals surface area contributed by atoms with Crippen LogP contribution in [0.4, 0.5) is 0 Å². The number of aryl methyl sites for hydroxylation is 1. The van der Waals surface area contributed by atoms with Crippen LogP contribution in [0.5, 0.6) is 0 Å². The maximum atomic E-state index is 5.53. The molecule has 2 aromatic heterocycles. The lowest BCUT2D eigenvalue weighted by molar-refractivity contribution is 0.575. The summed E-state index contributed by atoms with van der Waals surface area (Å²) in [4.78, 5) is 5.51. The normalized spacial score (nSPS) is 12.6. The Kier molecular flexibility index (Phi) is 5.11. The highest BCUT2D eigenvalue weighted by Crippen LogP contribution is 2.20. The third kappa shape index (κ3) is 3.74. The van der Waals surface area contributed by atoms with Crippen LogP contribution in [-0.2, 0) is 6.42 Å². The molecule has 0 amide bonds. The van der Waals surface area contributed by atoms with Crippen molar-refractivity contribution < 1.29 is 4.42 Å². The highest BCUT2D eigenvalue weighted by atomic mass is 32.1. The van der Waals surface area contributed by atoms with Crippen LogP contribution in [0.15, 0.2) is 62.6 Å². The number of hydrogen-bond acceptors (Lipinski definition) is 4. The average Bonchev–Trinajstić information content (AvgIpc) is 3.22. The van der Waals surface area contributed by atoms with Crippen LogP contribution in [0.1, 0.15) is 31.9 Å². The molecule has 0 atom stereocenters. The van der Waals surface area contributed by atoms with E-state index in [0.717, 1.165) is 28.2 Å². The van der Waals surface area contributed by atoms with Gasteiger partial charge >= 0.3 is 0 Å². The lowest BCUT2D eigenvalue weighted by Gasteiger charge is -2.02. The largest absolute Gasteiger partial charge is 0.463 e. The summed E-state index contributed by atoms with van der Waals surface area (Å²) in [5.74, 6) is 0.787. The molecule has 24 heavy (non-hydrogen) atoms. The fourth-order valence-corrected chi connectivity index (χ4v) is 3.23. The molecule has 0 radical (unpaired) electrons. The Balaban J connectivity index is 2.01. The quantitative estimate of drug-likeness (QED) is 0.628. The van der Waals surface area contributed by atoms with Crippen molar-refractivity contribution in [2.24, 2.45) is 10.1 Å². The van der Waals surface area contributed by atoms with E-state index in [1.165, 1.54) is 5.56 Å². The fourth-order valence-electron chi connectivity index (χ4n) is 2.28. The maximum absolute atomic E-state index is 5.53. The van der Waals surface area contributed by atoms with Gasteiger partial charge < -0.3 is 4.42 Å². The van der Waals surface area contributed by atoms with Crippen LogP contribution in [0.2, 0.25) is 0 Å². The van der Waals surface area contributed by atoms with Crippen molar-refractivity contribution in [1.29, 1.82) is 0 Å². The Hall–Kier alpha value is -2.40. The van der Waals surface area contributed by atoms with Gasteiger partial charge in [-0.2, -0.15) is 5.10 Å². The van der Waals surface area contributed by atoms with Gasteiger partial charge in [0.25, 0.3) is 0 Å². The van der Waals surface area contributed by atoms with Crippen molar-refractivity contribution >= 4 is 17.6 Å². The first-order chi connectivity index (χ1) is 11.7. The summed E-state index contributed by atoms with van der Waals surface area (Å²) in [6, 6.07) is 12.5. The van der Waals surface area contributed by atoms with Crippen LogP contribution in [0, 0.1) is 0 Å². The summed E-state index contributed by atoms with van der Waals surface area (Å²) in [5.41, 5.74) is 3.29. The lowest BCUT2D eigenvalue weighted by atomic mass is 10.1. The topological polar surface area (TPSA) is 42.8 Å². The molecule has 124 valence electrons. The van der Waals surface area contributed by atoms with Crippen LogP contribution < -0.4 is 4.80 Å². The van der Waals surface area contributed by atoms with Gasteiger partial charge in [-0.1, -0.05) is 31.2 Å². The SMILES string of the molecule is CCc1ccc(C=Nn2c(-c3ccco3)csc2=NC(C)C)cc1. The van der Waals surface area contributed by atoms with Gasteiger partial charge in [-0.25, -0.2) is 4.68 Å². The second-order valence-electron chi connectivity index (χ2n) is 5.76. The molecule has 0 N–H and O–H groups in total. The van der Waals surface area contributed by atoms with E-state index in [-0.39, 0.29) is 6.04 Å². The number of hydrogen-bond donors (Lipinski definition) is 0. The number of aromatic nitrogens is 1. The van der Waals surface area contributed by atoms with Crippen LogP contribution in [0.3, 0.4) is 0 Å². The van der Waals surface area contributed by atoms with Crippen LogP contribution >= 0.6 is 11.3 Å². The van der Waals surface area contributed by atoms with E-state index in [1.807, 2.05) is 28.4 Å². The molecule has 5 heteroatoms. The first kappa shape index (κ1) is 16.5. The highest BCUT2D eigenvalue weighted by molar-refractivity contribution is 7.07. The molecule has 0 saturated carbocycles. The number of rotatable bonds is 5. The van der Waals surface area contributed by atoms with Crippen molar-refractivity contribution in [3.63, 3.8) is 0 Å². The Labute approximate surface area is 145 Å². The Bertz CT molecular complexity index is 868. The van der Waals surface area contributed by atoms with E-state index in [4.69, 9.17) is 4.42 Å². The van der Waals surface area contributed by atoms with Crippen molar-refractivity contribution in [2.45, 2.75) is 33.2 Å². The molecule has 2 heterocycles. The van der Waals surface area contributed by atoms with E-state index < -0.39 is 0 Å². The molecule has 0 saturated heterocycles. The van der Waals surface area contributed by atoms with Gasteiger partial charge in [-0.3, -0.25) is 4.99 Å². The third-order valence-corrected chi connectivity index (χ3v) is 4.37. The summed E-state index contributed by atoms with van der Waals surface area (Å²) in [6.07, 6.45) is 4.57. The Morgan fingerprint density at radius 1 is 1.21 bits per heavy atom. The van der Waals surface area contributed by atoms with Crippen molar-refractivity contribution in [3.05, 3.63) is 64.0 Å². The van der Waals surface area contributed by atoms with Gasteiger partial charge in [0.1, 0.15) is 5.69 Å². The predicted molar refractivity (Wildman–Crippen MR) is 99.5 cm³/mol. The van der Waals surface area contributed by atoms with Gasteiger partial charge in [-0.05, 0) is 43.5 Å². The van der Waals surface area contributed by atoms with Gasteiger partial charge in [0.2, 0.25) is 4.80 Å². The van der Waals surface area contributed by atoms with Gasteiger partial charge in [0.15, 0.2) is 5.76 Å². The molecule has 3 aromatic rings. The average molecular weight is 339 g/mol. The number of furan rings is 1. The van der Waals surface area contributed by atoms with E-state index in [0.29, 0.717) is 0 Å². The smallest absolute Gasteiger partial charge is 0.206 e. The zero-order chi connectivity index (χ0) is 16.9. The molecule has 1 aromatic carbocycles. The Morgan fingerprint density at radius 3 is 2.62 bits per heavy atom. The van der Waals surface area contributed by atoms with E-state index in [1.54, 1.807) is 17.6 Å². The lowest BCUT2D eigenvalue weighted by Crippen LogP contribution is -2.14. The monoisotopic (exact) mass is 339 g/mol. The predicted octanol–water partition coefficient (Wildman–Crippen LogP) is 4.56. The van der Waals surface area contributed by atoms with Crippen LogP contribution in [-0.4, -0.2) is 16.9 Å². The van der Waals surface area contributed by atoms with E-state index in [2.05, 4.69) is 55.1 Å². The molecule has 0 aliphatic carbocycles. The summed E-state index contributed by atoms with van der Waals surface area (Å²) in [5, 5.41) is 6.67. The summed E-state index contributed by atoms with van der Waals surface area (Å²) in [6.45, 7) is 6.27. The zero-order valence-corrected chi connectivity index (χ0v) is 15.0. The molecular weight excluding hydrogens is 318 g/mol. The second-order valence-corrected chi connectivity index (χ2v) is 6.59. The van der Waals surface area contributed by atoms with Gasteiger partial charge in [0.05, 0.1) is 12.5 Å². The molecule has 0 bridgehead atoms. The molecular formula is C19H21N3OS. The zero-order valence-electron chi connectivity index (χ0n) is 14.1. The summed E-state index contributed by atoms with van der Waals surface area (Å²) in [7, 11) is 0. The Morgan fingerprint density at radius 2 is 2.00 bits per heavy atom. The maximum Gasteiger partial charge on any atom is 0.206 e. The minimum Gasteiger partial charge on any atom is -0.463 e. The van der Waals surface area contributed by atoms with E-state index >= 15 is 0 Å². The standard InChI is InChI=1S/C19H21N3OS/c1-4-15-7-9-16(10-8-15)12-20-22-17(18-6-5-11-23-18)13-24-19(22)21-14(2)3/h5-14H,4H2,1-3H3. The first-order valence-corrected chi connectivity index (χ1v) is 8.97. The summed E-state index contributed by atoms with van der Waals surface area (Å²) >= 11 is 1.57. The van der Waals surface area contributed by atoms with Gasteiger partial charge in [-0.15, -0.1) is 11.3 Å². The molecule has 3 rings (SSSR count). The minimum absolute atomic E-state index is 0.207. The molecule has 0 fully saturated rings. The molecule has 4 nitrogen and oxygen atoms in total. The first-order valence-electron chi connectivity index (χ1n) is 8.09. The molecule has 0 unspecified atom stereocenters. The molecule has 0 aliphatic heterocycles. The summed E-state index contributed by atoms with van der Waals surface area (Å²) < 4.78 is 7.38. The number of thiazole rings is 1. The number of benzene rings is 1. The number of nitrogens with zero attached hydrogens (tertiary/aromatic N) is 3. The third-order valence-electron chi connectivity index (χ3n) is 3.54. The van der Waals surface area contributed by atoms with Gasteiger partial charge in [0, 0.05) is 11.4 Å². The van der Waals surface area contributed by atoms with Crippen molar-refractivity contribution in [3.8, 4) is 11.5 Å². The fraction of sp³-hybridized carbons (Fsp3) is 0.263. The van der Waals surface area contributed by atoms with Crippen LogP contribution in [0.25, 0.3) is 11.5 Å². The van der Waals surface area contributed by atoms with Crippen molar-refractivity contribution in [1.82, 2.24) is 4.68 Å². The van der Waals surface area contributed by atoms with Crippen molar-refractivity contribution in [2.75, 3.05) is 0 Å². The van der Waals surface area contributed by atoms with E-state index in [9.17, 15) is 0 Å². The molecule has 0 aliphatic rings.